The van der Waals surface area contributed by atoms with Gasteiger partial charge in [-0.1, -0.05) is 13.8 Å². The van der Waals surface area contributed by atoms with Crippen LogP contribution in [0.1, 0.15) is 33.6 Å². The SMILES string of the molecule is COCCN(CCC(=O)OC)C(C)C(=O)NCCC(C)C. The Bertz CT molecular complexity index is 308. The number of carbonyl (C=O) groups is 2. The summed E-state index contributed by atoms with van der Waals surface area (Å²) >= 11 is 0. The number of ether oxygens (including phenoxy) is 2. The Balaban J connectivity index is 4.36. The van der Waals surface area contributed by atoms with Crippen LogP contribution >= 0.6 is 0 Å². The van der Waals surface area contributed by atoms with Crippen molar-refractivity contribution >= 4 is 11.9 Å². The molecule has 0 saturated heterocycles. The van der Waals surface area contributed by atoms with Crippen LogP contribution < -0.4 is 5.32 Å². The topological polar surface area (TPSA) is 67.9 Å². The highest BCUT2D eigenvalue weighted by molar-refractivity contribution is 5.81. The molecular formula is C15H30N2O4. The molecule has 0 aliphatic rings. The summed E-state index contributed by atoms with van der Waals surface area (Å²) in [6.45, 7) is 8.37. The largest absolute Gasteiger partial charge is 0.469 e. The second-order valence-electron chi connectivity index (χ2n) is 5.50. The first-order chi connectivity index (χ1) is 9.92. The molecule has 0 spiro atoms. The Morgan fingerprint density at radius 1 is 1.14 bits per heavy atom. The Hall–Kier alpha value is -1.14. The lowest BCUT2D eigenvalue weighted by Crippen LogP contribution is -2.47. The molecular weight excluding hydrogens is 272 g/mol. The van der Waals surface area contributed by atoms with Gasteiger partial charge in [-0.05, 0) is 19.3 Å². The van der Waals surface area contributed by atoms with Crippen LogP contribution in [0.25, 0.3) is 0 Å². The lowest BCUT2D eigenvalue weighted by molar-refractivity contribution is -0.141. The highest BCUT2D eigenvalue weighted by Crippen LogP contribution is 2.03. The molecule has 1 amide bonds. The molecule has 0 rings (SSSR count). The van der Waals surface area contributed by atoms with Gasteiger partial charge in [0.1, 0.15) is 0 Å². The van der Waals surface area contributed by atoms with Crippen LogP contribution in [0.3, 0.4) is 0 Å². The monoisotopic (exact) mass is 302 g/mol. The summed E-state index contributed by atoms with van der Waals surface area (Å²) in [5, 5.41) is 2.93. The van der Waals surface area contributed by atoms with Crippen LogP contribution in [0.5, 0.6) is 0 Å². The lowest BCUT2D eigenvalue weighted by atomic mass is 10.1. The molecule has 1 atom stereocenters. The molecule has 1 N–H and O–H groups in total. The van der Waals surface area contributed by atoms with E-state index in [2.05, 4.69) is 23.9 Å². The van der Waals surface area contributed by atoms with Crippen molar-refractivity contribution < 1.29 is 19.1 Å². The highest BCUT2D eigenvalue weighted by Gasteiger charge is 2.21. The Labute approximate surface area is 128 Å². The van der Waals surface area contributed by atoms with Crippen molar-refractivity contribution in [3.63, 3.8) is 0 Å². The zero-order valence-corrected chi connectivity index (χ0v) is 14.0. The number of esters is 1. The molecule has 0 aliphatic heterocycles. The minimum atomic E-state index is -0.294. The molecule has 0 heterocycles. The quantitative estimate of drug-likeness (QED) is 0.578. The van der Waals surface area contributed by atoms with Gasteiger partial charge in [0.25, 0.3) is 0 Å². The van der Waals surface area contributed by atoms with E-state index in [9.17, 15) is 9.59 Å². The van der Waals surface area contributed by atoms with Gasteiger partial charge in [0, 0.05) is 26.7 Å². The van der Waals surface area contributed by atoms with Crippen LogP contribution in [-0.2, 0) is 19.1 Å². The second kappa shape index (κ2) is 11.5. The normalized spacial score (nSPS) is 12.5. The highest BCUT2D eigenvalue weighted by atomic mass is 16.5. The lowest BCUT2D eigenvalue weighted by Gasteiger charge is -2.27. The van der Waals surface area contributed by atoms with Crippen molar-refractivity contribution in [2.45, 2.75) is 39.7 Å². The third-order valence-electron chi connectivity index (χ3n) is 3.36. The Kier molecular flexibility index (Phi) is 10.9. The van der Waals surface area contributed by atoms with Gasteiger partial charge in [-0.3, -0.25) is 14.5 Å². The predicted octanol–water partition coefficient (Wildman–Crippen LogP) is 1.05. The minimum absolute atomic E-state index is 0.0170. The van der Waals surface area contributed by atoms with E-state index in [0.717, 1.165) is 6.42 Å². The Morgan fingerprint density at radius 2 is 1.81 bits per heavy atom. The van der Waals surface area contributed by atoms with Crippen molar-refractivity contribution in [3.05, 3.63) is 0 Å². The fourth-order valence-corrected chi connectivity index (χ4v) is 1.84. The average Bonchev–Trinajstić information content (AvgIpc) is 2.45. The number of nitrogens with one attached hydrogen (secondary N) is 1. The number of nitrogens with zero attached hydrogens (tertiary/aromatic N) is 1. The predicted molar refractivity (Wildman–Crippen MR) is 82.0 cm³/mol. The second-order valence-corrected chi connectivity index (χ2v) is 5.50. The number of rotatable bonds is 11. The number of carbonyl (C=O) groups excluding carboxylic acids is 2. The molecule has 21 heavy (non-hydrogen) atoms. The molecule has 0 aromatic heterocycles. The van der Waals surface area contributed by atoms with Crippen molar-refractivity contribution in [3.8, 4) is 0 Å². The van der Waals surface area contributed by atoms with Crippen LogP contribution in [0.15, 0.2) is 0 Å². The number of amides is 1. The van der Waals surface area contributed by atoms with Gasteiger partial charge in [-0.15, -0.1) is 0 Å². The van der Waals surface area contributed by atoms with Gasteiger partial charge < -0.3 is 14.8 Å². The maximum atomic E-state index is 12.1. The first kappa shape index (κ1) is 19.9. The van der Waals surface area contributed by atoms with Gasteiger partial charge in [0.15, 0.2) is 0 Å². The molecule has 6 nitrogen and oxygen atoms in total. The minimum Gasteiger partial charge on any atom is -0.469 e. The van der Waals surface area contributed by atoms with Gasteiger partial charge in [-0.2, -0.15) is 0 Å². The van der Waals surface area contributed by atoms with E-state index in [4.69, 9.17) is 4.74 Å². The molecule has 0 aliphatic carbocycles. The zero-order valence-electron chi connectivity index (χ0n) is 14.0. The average molecular weight is 302 g/mol. The molecule has 0 radical (unpaired) electrons. The first-order valence-electron chi connectivity index (χ1n) is 7.49. The summed E-state index contributed by atoms with van der Waals surface area (Å²) in [4.78, 5) is 25.3. The zero-order chi connectivity index (χ0) is 16.3. The summed E-state index contributed by atoms with van der Waals surface area (Å²) in [6, 6.07) is -0.294. The van der Waals surface area contributed by atoms with Gasteiger partial charge in [-0.25, -0.2) is 0 Å². The van der Waals surface area contributed by atoms with Crippen molar-refractivity contribution in [2.24, 2.45) is 5.92 Å². The number of hydrogen-bond acceptors (Lipinski definition) is 5. The fourth-order valence-electron chi connectivity index (χ4n) is 1.84. The molecule has 0 aromatic rings. The van der Waals surface area contributed by atoms with Crippen LogP contribution in [0.4, 0.5) is 0 Å². The van der Waals surface area contributed by atoms with Crippen LogP contribution in [-0.4, -0.2) is 63.3 Å². The van der Waals surface area contributed by atoms with Crippen molar-refractivity contribution in [1.82, 2.24) is 10.2 Å². The third-order valence-corrected chi connectivity index (χ3v) is 3.36. The standard InChI is InChI=1S/C15H30N2O4/c1-12(2)6-8-16-15(19)13(3)17(10-11-20-4)9-7-14(18)21-5/h12-13H,6-11H2,1-5H3,(H,16,19). The van der Waals surface area contributed by atoms with Gasteiger partial charge in [0.2, 0.25) is 5.91 Å². The maximum Gasteiger partial charge on any atom is 0.306 e. The van der Waals surface area contributed by atoms with E-state index in [1.807, 2.05) is 11.8 Å². The Morgan fingerprint density at radius 3 is 2.33 bits per heavy atom. The molecule has 1 unspecified atom stereocenters. The van der Waals surface area contributed by atoms with E-state index < -0.39 is 0 Å². The fraction of sp³-hybridized carbons (Fsp3) is 0.867. The summed E-state index contributed by atoms with van der Waals surface area (Å²) in [7, 11) is 2.98. The molecule has 6 heteroatoms. The molecule has 0 saturated carbocycles. The summed E-state index contributed by atoms with van der Waals surface area (Å²) in [6.07, 6.45) is 1.22. The third kappa shape index (κ3) is 9.42. The van der Waals surface area contributed by atoms with E-state index in [1.54, 1.807) is 7.11 Å². The van der Waals surface area contributed by atoms with Gasteiger partial charge >= 0.3 is 5.97 Å². The molecule has 0 fully saturated rings. The maximum absolute atomic E-state index is 12.1. The number of methoxy groups -OCH3 is 2. The van der Waals surface area contributed by atoms with E-state index >= 15 is 0 Å². The smallest absolute Gasteiger partial charge is 0.306 e. The molecule has 0 bridgehead atoms. The van der Waals surface area contributed by atoms with E-state index in [0.29, 0.717) is 32.2 Å². The van der Waals surface area contributed by atoms with Crippen LogP contribution in [0.2, 0.25) is 0 Å². The summed E-state index contributed by atoms with van der Waals surface area (Å²) in [5.74, 6) is 0.269. The summed E-state index contributed by atoms with van der Waals surface area (Å²) in [5.41, 5.74) is 0. The molecule has 0 aromatic carbocycles. The van der Waals surface area contributed by atoms with E-state index in [-0.39, 0.29) is 24.3 Å². The van der Waals surface area contributed by atoms with E-state index in [1.165, 1.54) is 7.11 Å². The van der Waals surface area contributed by atoms with Crippen molar-refractivity contribution in [2.75, 3.05) is 40.5 Å². The summed E-state index contributed by atoms with van der Waals surface area (Å²) < 4.78 is 9.70. The van der Waals surface area contributed by atoms with Crippen LogP contribution in [0, 0.1) is 5.92 Å². The van der Waals surface area contributed by atoms with Gasteiger partial charge in [0.05, 0.1) is 26.2 Å². The first-order valence-corrected chi connectivity index (χ1v) is 7.49. The molecule has 124 valence electrons. The van der Waals surface area contributed by atoms with Crippen molar-refractivity contribution in [1.29, 1.82) is 0 Å². The number of hydrogen-bond donors (Lipinski definition) is 1.